The molecule has 0 saturated heterocycles. The fraction of sp³-hybridized carbons (Fsp3) is 0.0556. The Morgan fingerprint density at radius 3 is 2.75 bits per heavy atom. The number of nitrogens with zero attached hydrogens (tertiary/aromatic N) is 2. The fourth-order valence-electron chi connectivity index (χ4n) is 2.12. The summed E-state index contributed by atoms with van der Waals surface area (Å²) >= 11 is 5.89. The molecule has 0 saturated carbocycles. The van der Waals surface area contributed by atoms with Crippen molar-refractivity contribution in [1.82, 2.24) is 15.6 Å². The minimum absolute atomic E-state index is 0.341. The third kappa shape index (κ3) is 3.88. The van der Waals surface area contributed by atoms with E-state index < -0.39 is 0 Å². The predicted molar refractivity (Wildman–Crippen MR) is 95.3 cm³/mol. The Morgan fingerprint density at radius 1 is 1.21 bits per heavy atom. The van der Waals surface area contributed by atoms with Gasteiger partial charge in [-0.1, -0.05) is 53.6 Å². The molecule has 120 valence electrons. The van der Waals surface area contributed by atoms with Gasteiger partial charge in [-0.2, -0.15) is 10.2 Å². The summed E-state index contributed by atoms with van der Waals surface area (Å²) in [5.74, 6) is -0.362. The molecule has 0 fully saturated rings. The molecule has 0 atom stereocenters. The summed E-state index contributed by atoms with van der Waals surface area (Å²) in [6.07, 6.45) is 1.53. The number of hydrogen-bond donors (Lipinski definition) is 2. The first-order valence-electron chi connectivity index (χ1n) is 7.33. The Kier molecular flexibility index (Phi) is 4.72. The molecule has 3 aromatic rings. The Balaban J connectivity index is 1.66. The van der Waals surface area contributed by atoms with Gasteiger partial charge in [0.2, 0.25) is 0 Å². The summed E-state index contributed by atoms with van der Waals surface area (Å²) < 4.78 is 0. The van der Waals surface area contributed by atoms with Gasteiger partial charge in [-0.3, -0.25) is 9.89 Å². The average Bonchev–Trinajstić information content (AvgIpc) is 3.05. The van der Waals surface area contributed by atoms with Crippen molar-refractivity contribution in [3.05, 3.63) is 76.4 Å². The quantitative estimate of drug-likeness (QED) is 0.561. The van der Waals surface area contributed by atoms with Gasteiger partial charge in [-0.15, -0.1) is 0 Å². The maximum atomic E-state index is 12.1. The van der Waals surface area contributed by atoms with Crippen LogP contribution in [0.3, 0.4) is 0 Å². The number of carbonyl (C=O) groups is 1. The first-order chi connectivity index (χ1) is 11.6. The Labute approximate surface area is 144 Å². The first kappa shape index (κ1) is 16.0. The zero-order valence-electron chi connectivity index (χ0n) is 13.0. The molecular weight excluding hydrogens is 324 g/mol. The van der Waals surface area contributed by atoms with Gasteiger partial charge in [0, 0.05) is 10.6 Å². The molecule has 5 nitrogen and oxygen atoms in total. The number of nitrogens with one attached hydrogen (secondary N) is 2. The van der Waals surface area contributed by atoms with Crippen molar-refractivity contribution in [2.45, 2.75) is 6.92 Å². The summed E-state index contributed by atoms with van der Waals surface area (Å²) in [4.78, 5) is 12.1. The Hall–Kier alpha value is -2.92. The third-order valence-corrected chi connectivity index (χ3v) is 3.63. The van der Waals surface area contributed by atoms with Crippen molar-refractivity contribution in [2.75, 3.05) is 0 Å². The van der Waals surface area contributed by atoms with Gasteiger partial charge in [0.1, 0.15) is 5.69 Å². The monoisotopic (exact) mass is 338 g/mol. The molecule has 1 aromatic heterocycles. The highest BCUT2D eigenvalue weighted by atomic mass is 35.5. The minimum Gasteiger partial charge on any atom is -0.272 e. The van der Waals surface area contributed by atoms with E-state index in [1.165, 1.54) is 11.8 Å². The molecule has 0 unspecified atom stereocenters. The van der Waals surface area contributed by atoms with E-state index in [4.69, 9.17) is 11.6 Å². The van der Waals surface area contributed by atoms with Gasteiger partial charge >= 0.3 is 0 Å². The SMILES string of the molecule is Cc1ccc(-c2cc(C(=O)NN=Cc3cccc(Cl)c3)[nH]n2)cc1. The second-order valence-corrected chi connectivity index (χ2v) is 5.72. The molecule has 0 spiro atoms. The molecular formula is C18H15ClN4O. The average molecular weight is 339 g/mol. The van der Waals surface area contributed by atoms with Crippen LogP contribution in [0, 0.1) is 6.92 Å². The zero-order valence-corrected chi connectivity index (χ0v) is 13.7. The minimum atomic E-state index is -0.362. The van der Waals surface area contributed by atoms with Crippen LogP contribution in [0.15, 0.2) is 59.7 Å². The molecule has 3 rings (SSSR count). The predicted octanol–water partition coefficient (Wildman–Crippen LogP) is 3.80. The number of hydrazone groups is 1. The number of amides is 1. The normalized spacial score (nSPS) is 10.9. The lowest BCUT2D eigenvalue weighted by Crippen LogP contribution is -2.17. The van der Waals surface area contributed by atoms with E-state index in [2.05, 4.69) is 20.7 Å². The van der Waals surface area contributed by atoms with Gasteiger partial charge in [-0.05, 0) is 30.7 Å². The van der Waals surface area contributed by atoms with Crippen LogP contribution in [0.2, 0.25) is 5.02 Å². The lowest BCUT2D eigenvalue weighted by atomic mass is 10.1. The maximum Gasteiger partial charge on any atom is 0.289 e. The van der Waals surface area contributed by atoms with Gasteiger partial charge < -0.3 is 0 Å². The number of benzene rings is 2. The molecule has 0 aliphatic rings. The number of carbonyl (C=O) groups excluding carboxylic acids is 1. The van der Waals surface area contributed by atoms with Crippen LogP contribution in [0.5, 0.6) is 0 Å². The molecule has 0 aliphatic heterocycles. The number of aryl methyl sites for hydroxylation is 1. The van der Waals surface area contributed by atoms with Crippen molar-refractivity contribution in [2.24, 2.45) is 5.10 Å². The summed E-state index contributed by atoms with van der Waals surface area (Å²) in [5, 5.41) is 11.4. The highest BCUT2D eigenvalue weighted by Crippen LogP contribution is 2.18. The molecule has 2 aromatic carbocycles. The van der Waals surface area contributed by atoms with Gasteiger partial charge in [0.15, 0.2) is 0 Å². The van der Waals surface area contributed by atoms with Crippen molar-refractivity contribution >= 4 is 23.7 Å². The summed E-state index contributed by atoms with van der Waals surface area (Å²) in [5.41, 5.74) is 6.42. The topological polar surface area (TPSA) is 70.1 Å². The molecule has 2 N–H and O–H groups in total. The van der Waals surface area contributed by atoms with Gasteiger partial charge in [0.25, 0.3) is 5.91 Å². The molecule has 6 heteroatoms. The van der Waals surface area contributed by atoms with E-state index in [0.717, 1.165) is 11.1 Å². The Bertz CT molecular complexity index is 884. The second-order valence-electron chi connectivity index (χ2n) is 5.29. The van der Waals surface area contributed by atoms with Crippen molar-refractivity contribution in [1.29, 1.82) is 0 Å². The number of aromatic nitrogens is 2. The van der Waals surface area contributed by atoms with E-state index in [0.29, 0.717) is 16.4 Å². The smallest absolute Gasteiger partial charge is 0.272 e. The summed E-state index contributed by atoms with van der Waals surface area (Å²) in [6, 6.07) is 16.8. The van der Waals surface area contributed by atoms with E-state index in [9.17, 15) is 4.79 Å². The molecule has 1 amide bonds. The molecule has 0 aliphatic carbocycles. The summed E-state index contributed by atoms with van der Waals surface area (Å²) in [7, 11) is 0. The number of rotatable bonds is 4. The largest absolute Gasteiger partial charge is 0.289 e. The van der Waals surface area contributed by atoms with Crippen molar-refractivity contribution < 1.29 is 4.79 Å². The first-order valence-corrected chi connectivity index (χ1v) is 7.71. The molecule has 0 bridgehead atoms. The molecule has 24 heavy (non-hydrogen) atoms. The van der Waals surface area contributed by atoms with E-state index in [-0.39, 0.29) is 5.91 Å². The van der Waals surface area contributed by atoms with E-state index in [1.807, 2.05) is 43.3 Å². The lowest BCUT2D eigenvalue weighted by Gasteiger charge is -1.97. The van der Waals surface area contributed by atoms with Crippen LogP contribution in [0.4, 0.5) is 0 Å². The van der Waals surface area contributed by atoms with Crippen molar-refractivity contribution in [3.63, 3.8) is 0 Å². The summed E-state index contributed by atoms with van der Waals surface area (Å²) in [6.45, 7) is 2.02. The lowest BCUT2D eigenvalue weighted by molar-refractivity contribution is 0.0950. The number of halogens is 1. The zero-order chi connectivity index (χ0) is 16.9. The number of hydrogen-bond acceptors (Lipinski definition) is 3. The van der Waals surface area contributed by atoms with Crippen LogP contribution in [0.25, 0.3) is 11.3 Å². The highest BCUT2D eigenvalue weighted by Gasteiger charge is 2.10. The van der Waals surface area contributed by atoms with E-state index >= 15 is 0 Å². The number of H-pyrrole nitrogens is 1. The Morgan fingerprint density at radius 2 is 2.00 bits per heavy atom. The van der Waals surface area contributed by atoms with Crippen LogP contribution in [-0.2, 0) is 0 Å². The van der Waals surface area contributed by atoms with Crippen LogP contribution < -0.4 is 5.43 Å². The van der Waals surface area contributed by atoms with Crippen LogP contribution in [0.1, 0.15) is 21.6 Å². The standard InChI is InChI=1S/C18H15ClN4O/c1-12-5-7-14(8-6-12)16-10-17(22-21-16)18(24)23-20-11-13-3-2-4-15(19)9-13/h2-11H,1H3,(H,21,22)(H,23,24). The van der Waals surface area contributed by atoms with Gasteiger partial charge in [0.05, 0.1) is 11.9 Å². The van der Waals surface area contributed by atoms with Crippen LogP contribution in [-0.4, -0.2) is 22.3 Å². The maximum absolute atomic E-state index is 12.1. The number of aromatic amines is 1. The third-order valence-electron chi connectivity index (χ3n) is 3.40. The highest BCUT2D eigenvalue weighted by molar-refractivity contribution is 6.30. The molecule has 0 radical (unpaired) electrons. The van der Waals surface area contributed by atoms with Crippen molar-refractivity contribution in [3.8, 4) is 11.3 Å². The van der Waals surface area contributed by atoms with Gasteiger partial charge in [-0.25, -0.2) is 5.43 Å². The second kappa shape index (κ2) is 7.10. The van der Waals surface area contributed by atoms with Crippen LogP contribution >= 0.6 is 11.6 Å². The fourth-order valence-corrected chi connectivity index (χ4v) is 2.32. The molecule has 1 heterocycles. The van der Waals surface area contributed by atoms with E-state index in [1.54, 1.807) is 18.2 Å².